The Bertz CT molecular complexity index is 706. The lowest BCUT2D eigenvalue weighted by atomic mass is 10.2. The molecule has 3 rings (SSSR count). The number of benzene rings is 1. The number of thioether (sulfide) groups is 1. The molecule has 0 atom stereocenters. The third kappa shape index (κ3) is 3.87. The molecule has 0 unspecified atom stereocenters. The summed E-state index contributed by atoms with van der Waals surface area (Å²) in [5, 5.41) is 2.99. The Balaban J connectivity index is 1.66. The molecule has 1 fully saturated rings. The van der Waals surface area contributed by atoms with E-state index >= 15 is 0 Å². The first kappa shape index (κ1) is 16.8. The molecule has 1 aromatic heterocycles. The van der Waals surface area contributed by atoms with Gasteiger partial charge in [-0.3, -0.25) is 4.79 Å². The van der Waals surface area contributed by atoms with Gasteiger partial charge in [0.1, 0.15) is 5.69 Å². The molecular formula is C16H16F3N3OS. The van der Waals surface area contributed by atoms with E-state index in [2.05, 4.69) is 10.3 Å². The second kappa shape index (κ2) is 6.80. The maximum absolute atomic E-state index is 12.5. The Morgan fingerprint density at radius 1 is 1.12 bits per heavy atom. The fourth-order valence-corrected chi connectivity index (χ4v) is 3.34. The highest BCUT2D eigenvalue weighted by atomic mass is 32.2. The number of carbonyl (C=O) groups excluding carboxylic acids is 1. The molecule has 2 heterocycles. The van der Waals surface area contributed by atoms with Gasteiger partial charge >= 0.3 is 6.18 Å². The molecule has 0 spiro atoms. The van der Waals surface area contributed by atoms with Crippen molar-refractivity contribution >= 4 is 29.0 Å². The molecule has 2 aromatic rings. The molecule has 1 aliphatic rings. The summed E-state index contributed by atoms with van der Waals surface area (Å²) in [6.07, 6.45) is -2.72. The number of H-pyrrole nitrogens is 1. The molecule has 1 saturated heterocycles. The number of aromatic amines is 1. The fourth-order valence-electron chi connectivity index (χ4n) is 2.44. The quantitative estimate of drug-likeness (QED) is 0.876. The van der Waals surface area contributed by atoms with Crippen LogP contribution in [0.4, 0.5) is 24.5 Å². The van der Waals surface area contributed by atoms with Crippen LogP contribution in [0.2, 0.25) is 0 Å². The number of hydrogen-bond acceptors (Lipinski definition) is 3. The van der Waals surface area contributed by atoms with Crippen molar-refractivity contribution in [3.63, 3.8) is 0 Å². The van der Waals surface area contributed by atoms with E-state index < -0.39 is 11.7 Å². The first-order valence-corrected chi connectivity index (χ1v) is 8.59. The van der Waals surface area contributed by atoms with Crippen molar-refractivity contribution in [1.82, 2.24) is 9.88 Å². The fraction of sp³-hybridized carbons (Fsp3) is 0.312. The summed E-state index contributed by atoms with van der Waals surface area (Å²) in [7, 11) is 0. The summed E-state index contributed by atoms with van der Waals surface area (Å²) in [5.74, 6) is 1.81. The Labute approximate surface area is 141 Å². The average Bonchev–Trinajstić information content (AvgIpc) is 3.03. The van der Waals surface area contributed by atoms with Crippen molar-refractivity contribution in [3.05, 3.63) is 47.8 Å². The number of carbonyl (C=O) groups is 1. The van der Waals surface area contributed by atoms with Crippen LogP contribution in [0.15, 0.2) is 36.5 Å². The third-order valence-corrected chi connectivity index (χ3v) is 4.66. The summed E-state index contributed by atoms with van der Waals surface area (Å²) in [4.78, 5) is 17.1. The van der Waals surface area contributed by atoms with Crippen LogP contribution >= 0.6 is 11.8 Å². The number of nitrogens with zero attached hydrogens (tertiary/aromatic N) is 1. The Kier molecular flexibility index (Phi) is 4.75. The highest BCUT2D eigenvalue weighted by Crippen LogP contribution is 2.30. The third-order valence-electron chi connectivity index (χ3n) is 3.71. The molecule has 128 valence electrons. The molecule has 1 aliphatic heterocycles. The van der Waals surface area contributed by atoms with Crippen molar-refractivity contribution in [2.45, 2.75) is 6.18 Å². The molecule has 0 saturated carbocycles. The second-order valence-corrected chi connectivity index (χ2v) is 6.63. The number of aromatic nitrogens is 1. The maximum Gasteiger partial charge on any atom is 0.416 e. The number of anilines is 2. The minimum atomic E-state index is -4.35. The van der Waals surface area contributed by atoms with Crippen LogP contribution < -0.4 is 5.32 Å². The van der Waals surface area contributed by atoms with Crippen LogP contribution in [0.3, 0.4) is 0 Å². The molecule has 4 nitrogen and oxygen atoms in total. The minimum absolute atomic E-state index is 0.0595. The lowest BCUT2D eigenvalue weighted by molar-refractivity contribution is -0.137. The summed E-state index contributed by atoms with van der Waals surface area (Å²) < 4.78 is 37.6. The molecule has 24 heavy (non-hydrogen) atoms. The lowest BCUT2D eigenvalue weighted by Crippen LogP contribution is -2.38. The molecule has 0 aliphatic carbocycles. The Hall–Kier alpha value is -2.09. The van der Waals surface area contributed by atoms with E-state index in [1.165, 1.54) is 12.1 Å². The first-order valence-electron chi connectivity index (χ1n) is 7.43. The predicted molar refractivity (Wildman–Crippen MR) is 88.7 cm³/mol. The van der Waals surface area contributed by atoms with Crippen molar-refractivity contribution < 1.29 is 18.0 Å². The molecule has 0 bridgehead atoms. The zero-order valence-corrected chi connectivity index (χ0v) is 13.5. The smallest absolute Gasteiger partial charge is 0.355 e. The van der Waals surface area contributed by atoms with Gasteiger partial charge in [-0.15, -0.1) is 0 Å². The zero-order chi connectivity index (χ0) is 17.2. The van der Waals surface area contributed by atoms with Gasteiger partial charge in [-0.25, -0.2) is 0 Å². The molecule has 1 amide bonds. The average molecular weight is 355 g/mol. The largest absolute Gasteiger partial charge is 0.416 e. The van der Waals surface area contributed by atoms with Crippen LogP contribution in [-0.2, 0) is 6.18 Å². The summed E-state index contributed by atoms with van der Waals surface area (Å²) in [6.45, 7) is 1.45. The summed E-state index contributed by atoms with van der Waals surface area (Å²) in [5.41, 5.74) is 0.928. The van der Waals surface area contributed by atoms with Gasteiger partial charge in [0, 0.05) is 36.5 Å². The molecule has 8 heteroatoms. The van der Waals surface area contributed by atoms with Gasteiger partial charge < -0.3 is 15.2 Å². The zero-order valence-electron chi connectivity index (χ0n) is 12.7. The van der Waals surface area contributed by atoms with E-state index in [0.717, 1.165) is 36.7 Å². The number of alkyl halides is 3. The number of rotatable bonds is 3. The summed E-state index contributed by atoms with van der Waals surface area (Å²) >= 11 is 1.82. The van der Waals surface area contributed by atoms with Crippen LogP contribution in [-0.4, -0.2) is 40.4 Å². The van der Waals surface area contributed by atoms with Crippen LogP contribution in [0.25, 0.3) is 0 Å². The van der Waals surface area contributed by atoms with Gasteiger partial charge in [-0.2, -0.15) is 24.9 Å². The van der Waals surface area contributed by atoms with Crippen LogP contribution in [0, 0.1) is 0 Å². The van der Waals surface area contributed by atoms with Crippen LogP contribution in [0.1, 0.15) is 16.1 Å². The standard InChI is InChI=1S/C16H16F3N3OS/c17-16(18,19)11-1-3-12(4-2-11)21-13-9-14(20-10-13)15(23)22-5-7-24-8-6-22/h1-4,9-10,20-21H,5-8H2. The highest BCUT2D eigenvalue weighted by molar-refractivity contribution is 7.99. The number of nitrogens with one attached hydrogen (secondary N) is 2. The minimum Gasteiger partial charge on any atom is -0.355 e. The van der Waals surface area contributed by atoms with Gasteiger partial charge in [0.2, 0.25) is 0 Å². The van der Waals surface area contributed by atoms with Gasteiger partial charge in [-0.1, -0.05) is 0 Å². The summed E-state index contributed by atoms with van der Waals surface area (Å²) in [6, 6.07) is 6.43. The van der Waals surface area contributed by atoms with Crippen molar-refractivity contribution in [2.75, 3.05) is 29.9 Å². The molecule has 2 N–H and O–H groups in total. The van der Waals surface area contributed by atoms with Crippen molar-refractivity contribution in [2.24, 2.45) is 0 Å². The van der Waals surface area contributed by atoms with Crippen molar-refractivity contribution in [1.29, 1.82) is 0 Å². The van der Waals surface area contributed by atoms with Crippen LogP contribution in [0.5, 0.6) is 0 Å². The predicted octanol–water partition coefficient (Wildman–Crippen LogP) is 3.97. The van der Waals surface area contributed by atoms with E-state index in [-0.39, 0.29) is 5.91 Å². The van der Waals surface area contributed by atoms with Gasteiger partial charge in [0.05, 0.1) is 11.3 Å². The van der Waals surface area contributed by atoms with Crippen molar-refractivity contribution in [3.8, 4) is 0 Å². The number of amides is 1. The van der Waals surface area contributed by atoms with E-state index in [0.29, 0.717) is 17.1 Å². The van der Waals surface area contributed by atoms with E-state index in [1.807, 2.05) is 11.8 Å². The first-order chi connectivity index (χ1) is 11.4. The van der Waals surface area contributed by atoms with Gasteiger partial charge in [0.15, 0.2) is 0 Å². The normalized spacial score (nSPS) is 15.4. The molecule has 1 aromatic carbocycles. The highest BCUT2D eigenvalue weighted by Gasteiger charge is 2.30. The van der Waals surface area contributed by atoms with E-state index in [1.54, 1.807) is 17.2 Å². The molecular weight excluding hydrogens is 339 g/mol. The topological polar surface area (TPSA) is 48.1 Å². The monoisotopic (exact) mass is 355 g/mol. The van der Waals surface area contributed by atoms with Gasteiger partial charge in [0.25, 0.3) is 5.91 Å². The Morgan fingerprint density at radius 3 is 2.42 bits per heavy atom. The number of halogens is 3. The van der Waals surface area contributed by atoms with Gasteiger partial charge in [-0.05, 0) is 30.3 Å². The van der Waals surface area contributed by atoms with E-state index in [4.69, 9.17) is 0 Å². The number of hydrogen-bond donors (Lipinski definition) is 2. The SMILES string of the molecule is O=C(c1cc(Nc2ccc(C(F)(F)F)cc2)c[nH]1)N1CCSCC1. The maximum atomic E-state index is 12.5. The van der Waals surface area contributed by atoms with E-state index in [9.17, 15) is 18.0 Å². The second-order valence-electron chi connectivity index (χ2n) is 5.41. The molecule has 0 radical (unpaired) electrons. The Morgan fingerprint density at radius 2 is 1.79 bits per heavy atom. The lowest BCUT2D eigenvalue weighted by Gasteiger charge is -2.25.